The van der Waals surface area contributed by atoms with Crippen LogP contribution >= 0.6 is 15.9 Å². The molecule has 0 aliphatic heterocycles. The lowest BCUT2D eigenvalue weighted by atomic mass is 10.1. The second-order valence-electron chi connectivity index (χ2n) is 2.81. The van der Waals surface area contributed by atoms with Gasteiger partial charge in [0.2, 0.25) is 0 Å². The molecule has 2 N–H and O–H groups in total. The molecule has 0 aromatic heterocycles. The van der Waals surface area contributed by atoms with Gasteiger partial charge in [0.1, 0.15) is 0 Å². The van der Waals surface area contributed by atoms with Crippen molar-refractivity contribution >= 4 is 15.9 Å². The Morgan fingerprint density at radius 1 is 1.45 bits per heavy atom. The number of aryl methyl sites for hydroxylation is 1. The van der Waals surface area contributed by atoms with Gasteiger partial charge in [-0.2, -0.15) is 0 Å². The van der Waals surface area contributed by atoms with Gasteiger partial charge in [-0.3, -0.25) is 0 Å². The molecule has 0 aliphatic carbocycles. The highest BCUT2D eigenvalue weighted by Gasteiger charge is 2.03. The van der Waals surface area contributed by atoms with Gasteiger partial charge in [-0.1, -0.05) is 28.1 Å². The van der Waals surface area contributed by atoms with Crippen molar-refractivity contribution in [2.45, 2.75) is 19.9 Å². The molecule has 0 saturated heterocycles. The van der Waals surface area contributed by atoms with Crippen LogP contribution in [0.5, 0.6) is 0 Å². The second-order valence-corrected chi connectivity index (χ2v) is 3.67. The Labute approximate surface area is 75.7 Å². The Kier molecular flexibility index (Phi) is 2.68. The molecule has 0 aliphatic rings. The first-order chi connectivity index (χ1) is 5.11. The van der Waals surface area contributed by atoms with E-state index in [1.54, 1.807) is 0 Å². The summed E-state index contributed by atoms with van der Waals surface area (Å²) < 4.78 is 1.10. The van der Waals surface area contributed by atoms with Gasteiger partial charge in [0.25, 0.3) is 0 Å². The molecule has 0 bridgehead atoms. The Morgan fingerprint density at radius 3 is 2.55 bits per heavy atom. The van der Waals surface area contributed by atoms with Crippen LogP contribution in [0.2, 0.25) is 0 Å². The summed E-state index contributed by atoms with van der Waals surface area (Å²) in [5.74, 6) is 0. The van der Waals surface area contributed by atoms with Crippen molar-refractivity contribution in [1.29, 1.82) is 0 Å². The molecular formula is C9H12BrN. The fraction of sp³-hybridized carbons (Fsp3) is 0.333. The molecule has 60 valence electrons. The van der Waals surface area contributed by atoms with Crippen LogP contribution in [0, 0.1) is 6.92 Å². The lowest BCUT2D eigenvalue weighted by Crippen LogP contribution is -2.05. The Hall–Kier alpha value is -0.340. The van der Waals surface area contributed by atoms with Crippen molar-refractivity contribution in [3.63, 3.8) is 0 Å². The maximum absolute atomic E-state index is 5.73. The average Bonchev–Trinajstić information content (AvgIpc) is 1.85. The highest BCUT2D eigenvalue weighted by Crippen LogP contribution is 2.22. The molecule has 1 rings (SSSR count). The number of hydrogen-bond donors (Lipinski definition) is 1. The predicted molar refractivity (Wildman–Crippen MR) is 51.5 cm³/mol. The summed E-state index contributed by atoms with van der Waals surface area (Å²) in [5.41, 5.74) is 8.15. The Bertz CT molecular complexity index is 256. The molecule has 1 unspecified atom stereocenters. The van der Waals surface area contributed by atoms with Gasteiger partial charge >= 0.3 is 0 Å². The van der Waals surface area contributed by atoms with E-state index in [0.29, 0.717) is 0 Å². The van der Waals surface area contributed by atoms with Gasteiger partial charge in [-0.05, 0) is 31.0 Å². The summed E-state index contributed by atoms with van der Waals surface area (Å²) in [6, 6.07) is 6.32. The third-order valence-corrected chi connectivity index (χ3v) is 2.33. The SMILES string of the molecule is Cc1ccc(C(C)N)c(Br)c1. The van der Waals surface area contributed by atoms with Crippen LogP contribution in [0.15, 0.2) is 22.7 Å². The van der Waals surface area contributed by atoms with Crippen LogP contribution in [-0.4, -0.2) is 0 Å². The largest absolute Gasteiger partial charge is 0.324 e. The molecule has 1 aromatic carbocycles. The zero-order chi connectivity index (χ0) is 8.43. The summed E-state index contributed by atoms with van der Waals surface area (Å²) in [6.45, 7) is 4.05. The molecular weight excluding hydrogens is 202 g/mol. The van der Waals surface area contributed by atoms with E-state index < -0.39 is 0 Å². The fourth-order valence-corrected chi connectivity index (χ4v) is 1.86. The molecule has 2 heteroatoms. The monoisotopic (exact) mass is 213 g/mol. The van der Waals surface area contributed by atoms with Crippen LogP contribution in [0.1, 0.15) is 24.1 Å². The first kappa shape index (κ1) is 8.75. The van der Waals surface area contributed by atoms with Gasteiger partial charge < -0.3 is 5.73 Å². The minimum absolute atomic E-state index is 0.102. The van der Waals surface area contributed by atoms with Gasteiger partial charge in [0, 0.05) is 10.5 Å². The van der Waals surface area contributed by atoms with Crippen molar-refractivity contribution < 1.29 is 0 Å². The van der Waals surface area contributed by atoms with Crippen LogP contribution in [0.25, 0.3) is 0 Å². The summed E-state index contributed by atoms with van der Waals surface area (Å²) in [6.07, 6.45) is 0. The molecule has 1 atom stereocenters. The van der Waals surface area contributed by atoms with E-state index in [1.807, 2.05) is 6.92 Å². The van der Waals surface area contributed by atoms with Gasteiger partial charge in [0.15, 0.2) is 0 Å². The van der Waals surface area contributed by atoms with Crippen molar-refractivity contribution in [1.82, 2.24) is 0 Å². The first-order valence-corrected chi connectivity index (χ1v) is 4.42. The van der Waals surface area contributed by atoms with E-state index in [0.717, 1.165) is 10.0 Å². The van der Waals surface area contributed by atoms with Crippen LogP contribution < -0.4 is 5.73 Å². The van der Waals surface area contributed by atoms with Crippen molar-refractivity contribution in [3.8, 4) is 0 Å². The van der Waals surface area contributed by atoms with Crippen LogP contribution in [0.4, 0.5) is 0 Å². The molecule has 0 saturated carbocycles. The minimum atomic E-state index is 0.102. The topological polar surface area (TPSA) is 26.0 Å². The highest BCUT2D eigenvalue weighted by atomic mass is 79.9. The molecule has 0 spiro atoms. The zero-order valence-electron chi connectivity index (χ0n) is 6.76. The summed E-state index contributed by atoms with van der Waals surface area (Å²) >= 11 is 3.47. The third-order valence-electron chi connectivity index (χ3n) is 1.65. The average molecular weight is 214 g/mol. The number of nitrogens with two attached hydrogens (primary N) is 1. The standard InChI is InChI=1S/C9H12BrN/c1-6-3-4-8(7(2)11)9(10)5-6/h3-5,7H,11H2,1-2H3. The van der Waals surface area contributed by atoms with E-state index >= 15 is 0 Å². The van der Waals surface area contributed by atoms with Crippen molar-refractivity contribution in [2.24, 2.45) is 5.73 Å². The van der Waals surface area contributed by atoms with E-state index in [-0.39, 0.29) is 6.04 Å². The maximum Gasteiger partial charge on any atom is 0.0277 e. The second kappa shape index (κ2) is 3.37. The Morgan fingerprint density at radius 2 is 2.09 bits per heavy atom. The fourth-order valence-electron chi connectivity index (χ4n) is 1.00. The van der Waals surface area contributed by atoms with Crippen molar-refractivity contribution in [2.75, 3.05) is 0 Å². The van der Waals surface area contributed by atoms with E-state index in [1.165, 1.54) is 5.56 Å². The Balaban J connectivity index is 3.09. The quantitative estimate of drug-likeness (QED) is 0.764. The number of halogens is 1. The molecule has 11 heavy (non-hydrogen) atoms. The van der Waals surface area contributed by atoms with Crippen LogP contribution in [0.3, 0.4) is 0 Å². The molecule has 1 aromatic rings. The van der Waals surface area contributed by atoms with E-state index in [2.05, 4.69) is 41.1 Å². The zero-order valence-corrected chi connectivity index (χ0v) is 8.35. The summed E-state index contributed by atoms with van der Waals surface area (Å²) in [4.78, 5) is 0. The smallest absolute Gasteiger partial charge is 0.0277 e. The van der Waals surface area contributed by atoms with E-state index in [9.17, 15) is 0 Å². The molecule has 0 fully saturated rings. The molecule has 1 nitrogen and oxygen atoms in total. The van der Waals surface area contributed by atoms with Gasteiger partial charge in [-0.15, -0.1) is 0 Å². The lowest BCUT2D eigenvalue weighted by Gasteiger charge is -2.08. The van der Waals surface area contributed by atoms with Crippen LogP contribution in [-0.2, 0) is 0 Å². The summed E-state index contributed by atoms with van der Waals surface area (Å²) in [5, 5.41) is 0. The van der Waals surface area contributed by atoms with E-state index in [4.69, 9.17) is 5.73 Å². The first-order valence-electron chi connectivity index (χ1n) is 3.63. The summed E-state index contributed by atoms with van der Waals surface area (Å²) in [7, 11) is 0. The third kappa shape index (κ3) is 2.04. The molecule has 0 amide bonds. The minimum Gasteiger partial charge on any atom is -0.324 e. The van der Waals surface area contributed by atoms with Gasteiger partial charge in [0.05, 0.1) is 0 Å². The lowest BCUT2D eigenvalue weighted by molar-refractivity contribution is 0.812. The van der Waals surface area contributed by atoms with Gasteiger partial charge in [-0.25, -0.2) is 0 Å². The van der Waals surface area contributed by atoms with Crippen molar-refractivity contribution in [3.05, 3.63) is 33.8 Å². The number of hydrogen-bond acceptors (Lipinski definition) is 1. The maximum atomic E-state index is 5.73. The number of benzene rings is 1. The molecule has 0 radical (unpaired) electrons. The molecule has 0 heterocycles. The highest BCUT2D eigenvalue weighted by molar-refractivity contribution is 9.10. The number of rotatable bonds is 1. The predicted octanol–water partition coefficient (Wildman–Crippen LogP) is 2.78. The normalized spacial score (nSPS) is 13.1.